The highest BCUT2D eigenvalue weighted by Gasteiger charge is 2.23. The molecule has 1 N–H and O–H groups in total. The first-order valence-corrected chi connectivity index (χ1v) is 6.44. The maximum Gasteiger partial charge on any atom is 0.251 e. The lowest BCUT2D eigenvalue weighted by Crippen LogP contribution is -2.32. The summed E-state index contributed by atoms with van der Waals surface area (Å²) in [4.78, 5) is 12.1. The Balaban J connectivity index is 2.02. The molecule has 1 aliphatic rings. The Morgan fingerprint density at radius 2 is 2.00 bits per heavy atom. The van der Waals surface area contributed by atoms with Crippen molar-refractivity contribution in [3.05, 3.63) is 34.9 Å². The number of carbonyl (C=O) groups excluding carboxylic acids is 1. The van der Waals surface area contributed by atoms with Crippen LogP contribution in [0.15, 0.2) is 18.2 Å². The van der Waals surface area contributed by atoms with E-state index in [0.29, 0.717) is 6.04 Å². The van der Waals surface area contributed by atoms with Crippen LogP contribution in [-0.4, -0.2) is 11.9 Å². The molecule has 2 atom stereocenters. The summed E-state index contributed by atoms with van der Waals surface area (Å²) in [7, 11) is 0. The number of hydrogen-bond donors (Lipinski definition) is 1. The van der Waals surface area contributed by atoms with Crippen molar-refractivity contribution >= 4 is 5.91 Å². The number of benzene rings is 1. The highest BCUT2D eigenvalue weighted by molar-refractivity contribution is 5.94. The van der Waals surface area contributed by atoms with Crippen molar-refractivity contribution in [1.29, 1.82) is 0 Å². The van der Waals surface area contributed by atoms with Crippen molar-refractivity contribution in [2.75, 3.05) is 0 Å². The van der Waals surface area contributed by atoms with Gasteiger partial charge in [-0.05, 0) is 62.3 Å². The SMILES string of the molecule is Cc1ccc(C(=O)NC2CCC(C)C2)cc1C. The third-order valence-corrected chi connectivity index (χ3v) is 3.80. The second-order valence-corrected chi connectivity index (χ2v) is 5.39. The molecule has 92 valence electrons. The predicted molar refractivity (Wildman–Crippen MR) is 70.2 cm³/mol. The van der Waals surface area contributed by atoms with Crippen LogP contribution in [0.2, 0.25) is 0 Å². The molecule has 1 aliphatic carbocycles. The van der Waals surface area contributed by atoms with Gasteiger partial charge in [0.05, 0.1) is 0 Å². The van der Waals surface area contributed by atoms with E-state index < -0.39 is 0 Å². The average Bonchev–Trinajstić information content (AvgIpc) is 2.68. The largest absolute Gasteiger partial charge is 0.349 e. The second kappa shape index (κ2) is 4.91. The molecule has 2 unspecified atom stereocenters. The molecule has 1 aromatic carbocycles. The van der Waals surface area contributed by atoms with E-state index in [0.717, 1.165) is 24.3 Å². The summed E-state index contributed by atoms with van der Waals surface area (Å²) in [6, 6.07) is 6.28. The Bertz CT molecular complexity index is 425. The maximum atomic E-state index is 12.1. The minimum Gasteiger partial charge on any atom is -0.349 e. The zero-order valence-electron chi connectivity index (χ0n) is 10.9. The first kappa shape index (κ1) is 12.2. The summed E-state index contributed by atoms with van der Waals surface area (Å²) in [5.41, 5.74) is 3.20. The van der Waals surface area contributed by atoms with Crippen molar-refractivity contribution in [3.63, 3.8) is 0 Å². The van der Waals surface area contributed by atoms with Crippen LogP contribution in [0, 0.1) is 19.8 Å². The molecule has 0 aromatic heterocycles. The number of hydrogen-bond acceptors (Lipinski definition) is 1. The van der Waals surface area contributed by atoms with Gasteiger partial charge in [-0.25, -0.2) is 0 Å². The molecule has 17 heavy (non-hydrogen) atoms. The van der Waals surface area contributed by atoms with Crippen LogP contribution in [-0.2, 0) is 0 Å². The fraction of sp³-hybridized carbons (Fsp3) is 0.533. The molecule has 1 amide bonds. The molecule has 2 rings (SSSR count). The van der Waals surface area contributed by atoms with Gasteiger partial charge in [0.25, 0.3) is 5.91 Å². The molecule has 1 aromatic rings. The second-order valence-electron chi connectivity index (χ2n) is 5.39. The summed E-state index contributed by atoms with van der Waals surface area (Å²) in [5.74, 6) is 0.826. The molecule has 2 heteroatoms. The first-order valence-electron chi connectivity index (χ1n) is 6.44. The zero-order valence-corrected chi connectivity index (χ0v) is 10.9. The van der Waals surface area contributed by atoms with E-state index in [9.17, 15) is 4.79 Å². The van der Waals surface area contributed by atoms with E-state index in [1.54, 1.807) is 0 Å². The highest BCUT2D eigenvalue weighted by atomic mass is 16.1. The number of nitrogens with one attached hydrogen (secondary N) is 1. The van der Waals surface area contributed by atoms with E-state index in [1.807, 2.05) is 25.1 Å². The van der Waals surface area contributed by atoms with Crippen LogP contribution in [0.1, 0.15) is 47.7 Å². The Labute approximate surface area is 103 Å². The van der Waals surface area contributed by atoms with Crippen molar-refractivity contribution < 1.29 is 4.79 Å². The quantitative estimate of drug-likeness (QED) is 0.832. The van der Waals surface area contributed by atoms with Crippen molar-refractivity contribution in [2.45, 2.75) is 46.1 Å². The van der Waals surface area contributed by atoms with Crippen LogP contribution in [0.4, 0.5) is 0 Å². The topological polar surface area (TPSA) is 29.1 Å². The lowest BCUT2D eigenvalue weighted by Gasteiger charge is -2.13. The summed E-state index contributed by atoms with van der Waals surface area (Å²) < 4.78 is 0. The van der Waals surface area contributed by atoms with Gasteiger partial charge in [-0.1, -0.05) is 13.0 Å². The van der Waals surface area contributed by atoms with E-state index in [-0.39, 0.29) is 5.91 Å². The third kappa shape index (κ3) is 2.87. The number of rotatable bonds is 2. The van der Waals surface area contributed by atoms with Crippen LogP contribution >= 0.6 is 0 Å². The highest BCUT2D eigenvalue weighted by Crippen LogP contribution is 2.24. The average molecular weight is 231 g/mol. The van der Waals surface area contributed by atoms with Crippen molar-refractivity contribution in [3.8, 4) is 0 Å². The standard InChI is InChI=1S/C15H21NO/c1-10-4-7-14(8-10)16-15(17)13-6-5-11(2)12(3)9-13/h5-6,9-10,14H,4,7-8H2,1-3H3,(H,16,17). The molecule has 1 fully saturated rings. The summed E-state index contributed by atoms with van der Waals surface area (Å²) in [5, 5.41) is 3.13. The van der Waals surface area contributed by atoms with Gasteiger partial charge >= 0.3 is 0 Å². The van der Waals surface area contributed by atoms with Gasteiger partial charge in [-0.3, -0.25) is 4.79 Å². The smallest absolute Gasteiger partial charge is 0.251 e. The Hall–Kier alpha value is -1.31. The van der Waals surface area contributed by atoms with E-state index in [4.69, 9.17) is 0 Å². The van der Waals surface area contributed by atoms with Crippen LogP contribution < -0.4 is 5.32 Å². The molecule has 0 radical (unpaired) electrons. The monoisotopic (exact) mass is 231 g/mol. The number of amides is 1. The van der Waals surface area contributed by atoms with Crippen molar-refractivity contribution in [2.24, 2.45) is 5.92 Å². The fourth-order valence-electron chi connectivity index (χ4n) is 2.49. The van der Waals surface area contributed by atoms with Crippen LogP contribution in [0.5, 0.6) is 0 Å². The summed E-state index contributed by atoms with van der Waals surface area (Å²) in [6.45, 7) is 6.36. The van der Waals surface area contributed by atoms with Gasteiger partial charge in [-0.15, -0.1) is 0 Å². The first-order chi connectivity index (χ1) is 8.06. The van der Waals surface area contributed by atoms with Crippen LogP contribution in [0.25, 0.3) is 0 Å². The zero-order chi connectivity index (χ0) is 12.4. The lowest BCUT2D eigenvalue weighted by atomic mass is 10.1. The van der Waals surface area contributed by atoms with Crippen molar-refractivity contribution in [1.82, 2.24) is 5.32 Å². The number of aryl methyl sites for hydroxylation is 2. The molecule has 1 saturated carbocycles. The normalized spacial score (nSPS) is 23.7. The fourth-order valence-corrected chi connectivity index (χ4v) is 2.49. The molecule has 0 spiro atoms. The molecule has 2 nitrogen and oxygen atoms in total. The minimum absolute atomic E-state index is 0.0761. The maximum absolute atomic E-state index is 12.1. The van der Waals surface area contributed by atoms with E-state index >= 15 is 0 Å². The Morgan fingerprint density at radius 1 is 1.24 bits per heavy atom. The Morgan fingerprint density at radius 3 is 2.59 bits per heavy atom. The van der Waals surface area contributed by atoms with Crippen LogP contribution in [0.3, 0.4) is 0 Å². The van der Waals surface area contributed by atoms with Gasteiger partial charge in [0.2, 0.25) is 0 Å². The molecular weight excluding hydrogens is 210 g/mol. The van der Waals surface area contributed by atoms with E-state index in [2.05, 4.69) is 19.2 Å². The number of carbonyl (C=O) groups is 1. The molecule has 0 saturated heterocycles. The molecule has 0 bridgehead atoms. The molecule has 0 aliphatic heterocycles. The third-order valence-electron chi connectivity index (χ3n) is 3.80. The summed E-state index contributed by atoms with van der Waals surface area (Å²) in [6.07, 6.45) is 3.48. The summed E-state index contributed by atoms with van der Waals surface area (Å²) >= 11 is 0. The minimum atomic E-state index is 0.0761. The van der Waals surface area contributed by atoms with E-state index in [1.165, 1.54) is 17.5 Å². The predicted octanol–water partition coefficient (Wildman–Crippen LogP) is 3.22. The molecular formula is C15H21NO. The lowest BCUT2D eigenvalue weighted by molar-refractivity contribution is 0.0937. The van der Waals surface area contributed by atoms with Gasteiger partial charge in [0.1, 0.15) is 0 Å². The van der Waals surface area contributed by atoms with Gasteiger partial charge in [-0.2, -0.15) is 0 Å². The van der Waals surface area contributed by atoms with Gasteiger partial charge in [0.15, 0.2) is 0 Å². The van der Waals surface area contributed by atoms with Gasteiger partial charge < -0.3 is 5.32 Å². The molecule has 0 heterocycles. The Kier molecular flexibility index (Phi) is 3.51. The van der Waals surface area contributed by atoms with Gasteiger partial charge in [0, 0.05) is 11.6 Å².